The molecule has 1 atom stereocenters. The molecule has 0 aliphatic heterocycles. The van der Waals surface area contributed by atoms with E-state index in [0.717, 1.165) is 5.56 Å². The van der Waals surface area contributed by atoms with Crippen molar-refractivity contribution in [1.82, 2.24) is 10.3 Å². The van der Waals surface area contributed by atoms with Crippen molar-refractivity contribution in [3.8, 4) is 12.3 Å². The van der Waals surface area contributed by atoms with Crippen molar-refractivity contribution < 1.29 is 9.90 Å². The van der Waals surface area contributed by atoms with E-state index >= 15 is 0 Å². The Morgan fingerprint density at radius 1 is 1.36 bits per heavy atom. The van der Waals surface area contributed by atoms with Crippen LogP contribution >= 0.6 is 22.9 Å². The standard InChI is InChI=1S/C18H20ClN3O2S/c1-5-18(4,12-6-8-13(19)9-7-12)14-10-25-16(20-14)21-15(24)22-17(2,3)11-23/h1,6-10,23H,11H2,2-4H3,(H2,20,21,22,24). The van der Waals surface area contributed by atoms with Gasteiger partial charge in [-0.1, -0.05) is 29.7 Å². The number of urea groups is 1. The van der Waals surface area contributed by atoms with E-state index in [2.05, 4.69) is 21.5 Å². The van der Waals surface area contributed by atoms with Crippen LogP contribution in [0.4, 0.5) is 9.93 Å². The summed E-state index contributed by atoms with van der Waals surface area (Å²) >= 11 is 7.22. The van der Waals surface area contributed by atoms with Gasteiger partial charge in [0.15, 0.2) is 5.13 Å². The van der Waals surface area contributed by atoms with Gasteiger partial charge in [-0.3, -0.25) is 5.32 Å². The zero-order valence-electron chi connectivity index (χ0n) is 14.3. The third kappa shape index (κ3) is 4.51. The lowest BCUT2D eigenvalue weighted by molar-refractivity contribution is 0.187. The Morgan fingerprint density at radius 3 is 2.56 bits per heavy atom. The summed E-state index contributed by atoms with van der Waals surface area (Å²) in [7, 11) is 0. The van der Waals surface area contributed by atoms with Crippen LogP contribution in [0.1, 0.15) is 32.0 Å². The number of terminal acetylenes is 1. The molecule has 5 nitrogen and oxygen atoms in total. The monoisotopic (exact) mass is 377 g/mol. The Balaban J connectivity index is 2.20. The number of amides is 2. The van der Waals surface area contributed by atoms with Crippen molar-refractivity contribution in [2.75, 3.05) is 11.9 Å². The minimum atomic E-state index is -0.734. The number of aliphatic hydroxyl groups excluding tert-OH is 1. The predicted molar refractivity (Wildman–Crippen MR) is 102 cm³/mol. The lowest BCUT2D eigenvalue weighted by atomic mass is 9.81. The largest absolute Gasteiger partial charge is 0.394 e. The Morgan fingerprint density at radius 2 is 2.00 bits per heavy atom. The van der Waals surface area contributed by atoms with E-state index in [0.29, 0.717) is 15.8 Å². The van der Waals surface area contributed by atoms with Crippen LogP contribution in [0.3, 0.4) is 0 Å². The van der Waals surface area contributed by atoms with Gasteiger partial charge in [0.2, 0.25) is 0 Å². The zero-order valence-corrected chi connectivity index (χ0v) is 15.8. The highest BCUT2D eigenvalue weighted by molar-refractivity contribution is 7.14. The molecule has 0 aliphatic carbocycles. The summed E-state index contributed by atoms with van der Waals surface area (Å²) in [6.07, 6.45) is 5.78. The number of thiazole rings is 1. The summed E-state index contributed by atoms with van der Waals surface area (Å²) in [5.74, 6) is 2.78. The number of hydrogen-bond acceptors (Lipinski definition) is 4. The van der Waals surface area contributed by atoms with Gasteiger partial charge in [0.05, 0.1) is 23.3 Å². The van der Waals surface area contributed by atoms with E-state index in [9.17, 15) is 9.90 Å². The fourth-order valence-corrected chi connectivity index (χ4v) is 3.06. The summed E-state index contributed by atoms with van der Waals surface area (Å²) in [6, 6.07) is 6.86. The number of benzene rings is 1. The van der Waals surface area contributed by atoms with E-state index in [1.165, 1.54) is 11.3 Å². The van der Waals surface area contributed by atoms with Gasteiger partial charge in [0.1, 0.15) is 0 Å². The van der Waals surface area contributed by atoms with Crippen LogP contribution in [0.2, 0.25) is 5.02 Å². The molecule has 1 unspecified atom stereocenters. The van der Waals surface area contributed by atoms with Crippen LogP contribution in [0.15, 0.2) is 29.6 Å². The number of rotatable bonds is 5. The quantitative estimate of drug-likeness (QED) is 0.696. The molecule has 132 valence electrons. The molecule has 7 heteroatoms. The van der Waals surface area contributed by atoms with Gasteiger partial charge in [-0.2, -0.15) is 0 Å². The van der Waals surface area contributed by atoms with Gasteiger partial charge < -0.3 is 10.4 Å². The molecule has 0 spiro atoms. The van der Waals surface area contributed by atoms with Crippen molar-refractivity contribution in [1.29, 1.82) is 0 Å². The smallest absolute Gasteiger partial charge is 0.321 e. The number of aromatic nitrogens is 1. The van der Waals surface area contributed by atoms with Gasteiger partial charge in [0.25, 0.3) is 0 Å². The summed E-state index contributed by atoms with van der Waals surface area (Å²) < 4.78 is 0. The Labute approximate surface area is 156 Å². The number of nitrogens with one attached hydrogen (secondary N) is 2. The molecule has 0 radical (unpaired) electrons. The van der Waals surface area contributed by atoms with Crippen molar-refractivity contribution in [3.63, 3.8) is 0 Å². The summed E-state index contributed by atoms with van der Waals surface area (Å²) in [4.78, 5) is 16.5. The first-order valence-corrected chi connectivity index (χ1v) is 8.86. The average Bonchev–Trinajstić information content (AvgIpc) is 3.03. The molecule has 2 amide bonds. The summed E-state index contributed by atoms with van der Waals surface area (Å²) in [6.45, 7) is 5.16. The molecular formula is C18H20ClN3O2S. The predicted octanol–water partition coefficient (Wildman–Crippen LogP) is 3.63. The van der Waals surface area contributed by atoms with Crippen LogP contribution in [0.25, 0.3) is 0 Å². The average molecular weight is 378 g/mol. The first-order chi connectivity index (χ1) is 11.7. The molecule has 25 heavy (non-hydrogen) atoms. The van der Waals surface area contributed by atoms with Crippen molar-refractivity contribution in [2.24, 2.45) is 0 Å². The van der Waals surface area contributed by atoms with Crippen molar-refractivity contribution in [3.05, 3.63) is 45.9 Å². The molecule has 1 heterocycles. The lowest BCUT2D eigenvalue weighted by Crippen LogP contribution is -2.48. The highest BCUT2D eigenvalue weighted by Crippen LogP contribution is 2.33. The van der Waals surface area contributed by atoms with Crippen LogP contribution < -0.4 is 10.6 Å². The fraction of sp³-hybridized carbons (Fsp3) is 0.333. The van der Waals surface area contributed by atoms with Gasteiger partial charge in [-0.05, 0) is 38.5 Å². The number of anilines is 1. The van der Waals surface area contributed by atoms with Crippen molar-refractivity contribution >= 4 is 34.1 Å². The maximum atomic E-state index is 12.0. The first-order valence-electron chi connectivity index (χ1n) is 7.60. The Hall–Kier alpha value is -2.07. The van der Waals surface area contributed by atoms with Gasteiger partial charge in [0, 0.05) is 10.4 Å². The molecular weight excluding hydrogens is 358 g/mol. The summed E-state index contributed by atoms with van der Waals surface area (Å²) in [5, 5.41) is 17.4. The van der Waals surface area contributed by atoms with Crippen LogP contribution in [-0.4, -0.2) is 28.3 Å². The maximum absolute atomic E-state index is 12.0. The second-order valence-electron chi connectivity index (χ2n) is 6.44. The molecule has 3 N–H and O–H groups in total. The molecule has 0 fully saturated rings. The van der Waals surface area contributed by atoms with E-state index in [-0.39, 0.29) is 6.61 Å². The maximum Gasteiger partial charge on any atom is 0.321 e. The number of carbonyl (C=O) groups is 1. The molecule has 0 saturated carbocycles. The SMILES string of the molecule is C#CC(C)(c1ccc(Cl)cc1)c1csc(NC(=O)NC(C)(C)CO)n1. The minimum absolute atomic E-state index is 0.171. The fourth-order valence-electron chi connectivity index (χ4n) is 2.12. The lowest BCUT2D eigenvalue weighted by Gasteiger charge is -2.23. The molecule has 2 rings (SSSR count). The first kappa shape index (κ1) is 19.3. The van der Waals surface area contributed by atoms with Gasteiger partial charge >= 0.3 is 6.03 Å². The van der Waals surface area contributed by atoms with Crippen LogP contribution in [0.5, 0.6) is 0 Å². The zero-order chi connectivity index (χ0) is 18.7. The number of carbonyl (C=O) groups excluding carboxylic acids is 1. The van der Waals surface area contributed by atoms with Crippen molar-refractivity contribution in [2.45, 2.75) is 31.7 Å². The van der Waals surface area contributed by atoms with Gasteiger partial charge in [-0.25, -0.2) is 9.78 Å². The van der Waals surface area contributed by atoms with E-state index in [1.54, 1.807) is 26.0 Å². The highest BCUT2D eigenvalue weighted by atomic mass is 35.5. The van der Waals surface area contributed by atoms with E-state index in [4.69, 9.17) is 18.0 Å². The van der Waals surface area contributed by atoms with Gasteiger partial charge in [-0.15, -0.1) is 17.8 Å². The molecule has 0 saturated heterocycles. The Bertz CT molecular complexity index is 795. The number of aliphatic hydroxyl groups is 1. The third-order valence-corrected chi connectivity index (χ3v) is 4.80. The van der Waals surface area contributed by atoms with E-state index < -0.39 is 17.0 Å². The molecule has 0 aliphatic rings. The number of nitrogens with zero attached hydrogens (tertiary/aromatic N) is 1. The normalized spacial score (nSPS) is 13.6. The topological polar surface area (TPSA) is 74.2 Å². The molecule has 1 aromatic carbocycles. The second kappa shape index (κ2) is 7.44. The third-order valence-electron chi connectivity index (χ3n) is 3.79. The number of hydrogen-bond donors (Lipinski definition) is 3. The Kier molecular flexibility index (Phi) is 5.73. The van der Waals surface area contributed by atoms with Crippen LogP contribution in [-0.2, 0) is 5.41 Å². The molecule has 1 aromatic heterocycles. The van der Waals surface area contributed by atoms with Crippen LogP contribution in [0, 0.1) is 12.3 Å². The minimum Gasteiger partial charge on any atom is -0.394 e. The molecule has 0 bridgehead atoms. The van der Waals surface area contributed by atoms with E-state index in [1.807, 2.05) is 24.4 Å². The molecule has 2 aromatic rings. The second-order valence-corrected chi connectivity index (χ2v) is 7.73. The highest BCUT2D eigenvalue weighted by Gasteiger charge is 2.30. The summed E-state index contributed by atoms with van der Waals surface area (Å²) in [5.41, 5.74) is 0.101. The number of halogens is 1.